The van der Waals surface area contributed by atoms with Gasteiger partial charge in [0.15, 0.2) is 5.75 Å². The van der Waals surface area contributed by atoms with E-state index in [0.717, 1.165) is 23.9 Å². The molecule has 2 aromatic rings. The second-order valence-electron chi connectivity index (χ2n) is 8.78. The standard InChI is InChI=1S/C21H28F3N5O3/c1-13-14(10-29(5)27-13)15-9-28(4)11-16(15)26-19(30)20(2,3)12-31-18-17(7-6-8-25-18)32-21(22,23)24/h6-8,10,15-16H,9,11-12H2,1-5H3,(H,26,30)/t15-,16+/m0/s1. The first-order valence-corrected chi connectivity index (χ1v) is 10.2. The molecule has 0 aromatic carbocycles. The highest BCUT2D eigenvalue weighted by molar-refractivity contribution is 5.82. The van der Waals surface area contributed by atoms with Gasteiger partial charge in [0.1, 0.15) is 6.61 Å². The highest BCUT2D eigenvalue weighted by atomic mass is 19.4. The van der Waals surface area contributed by atoms with Crippen LogP contribution in [0.15, 0.2) is 24.5 Å². The number of likely N-dealkylation sites (tertiary alicyclic amines) is 1. The molecule has 32 heavy (non-hydrogen) atoms. The predicted octanol–water partition coefficient (Wildman–Crippen LogP) is 2.64. The van der Waals surface area contributed by atoms with E-state index >= 15 is 0 Å². The van der Waals surface area contributed by atoms with Crippen LogP contribution < -0.4 is 14.8 Å². The molecule has 176 valence electrons. The minimum absolute atomic E-state index is 0.0805. The van der Waals surface area contributed by atoms with E-state index in [0.29, 0.717) is 6.54 Å². The van der Waals surface area contributed by atoms with Crippen molar-refractivity contribution in [2.45, 2.75) is 39.1 Å². The monoisotopic (exact) mass is 455 g/mol. The Bertz CT molecular complexity index is 960. The van der Waals surface area contributed by atoms with E-state index in [2.05, 4.69) is 25.0 Å². The third-order valence-corrected chi connectivity index (χ3v) is 5.42. The molecule has 0 saturated carbocycles. The number of halogens is 3. The molecule has 11 heteroatoms. The highest BCUT2D eigenvalue weighted by Crippen LogP contribution is 2.32. The van der Waals surface area contributed by atoms with E-state index < -0.39 is 17.5 Å². The van der Waals surface area contributed by atoms with Crippen molar-refractivity contribution in [2.75, 3.05) is 26.7 Å². The number of carbonyl (C=O) groups is 1. The molecule has 1 N–H and O–H groups in total. The normalized spacial score (nSPS) is 19.8. The zero-order chi connectivity index (χ0) is 23.7. The Balaban J connectivity index is 1.67. The smallest absolute Gasteiger partial charge is 0.474 e. The van der Waals surface area contributed by atoms with Gasteiger partial charge in [-0.15, -0.1) is 13.2 Å². The van der Waals surface area contributed by atoms with Crippen LogP contribution in [0.1, 0.15) is 31.0 Å². The van der Waals surface area contributed by atoms with Crippen molar-refractivity contribution < 1.29 is 27.4 Å². The number of nitrogens with zero attached hydrogens (tertiary/aromatic N) is 4. The number of aromatic nitrogens is 3. The van der Waals surface area contributed by atoms with E-state index in [-0.39, 0.29) is 30.4 Å². The van der Waals surface area contributed by atoms with E-state index in [1.54, 1.807) is 18.5 Å². The third-order valence-electron chi connectivity index (χ3n) is 5.42. The maximum absolute atomic E-state index is 13.1. The topological polar surface area (TPSA) is 81.5 Å². The van der Waals surface area contributed by atoms with Crippen molar-refractivity contribution in [1.82, 2.24) is 25.0 Å². The SMILES string of the molecule is Cc1nn(C)cc1[C@@H]1CN(C)C[C@H]1NC(=O)C(C)(C)COc1ncccc1OC(F)(F)F. The Morgan fingerprint density at radius 2 is 2.00 bits per heavy atom. The van der Waals surface area contributed by atoms with Gasteiger partial charge in [-0.05, 0) is 45.5 Å². The first-order valence-electron chi connectivity index (χ1n) is 10.2. The molecule has 0 bridgehead atoms. The number of amides is 1. The maximum atomic E-state index is 13.1. The lowest BCUT2D eigenvalue weighted by atomic mass is 9.90. The van der Waals surface area contributed by atoms with Gasteiger partial charge in [0.25, 0.3) is 5.88 Å². The zero-order valence-electron chi connectivity index (χ0n) is 18.7. The Labute approximate surface area is 184 Å². The van der Waals surface area contributed by atoms with Crippen molar-refractivity contribution in [2.24, 2.45) is 12.5 Å². The van der Waals surface area contributed by atoms with Crippen LogP contribution in [0.2, 0.25) is 0 Å². The van der Waals surface area contributed by atoms with Crippen molar-refractivity contribution in [3.05, 3.63) is 35.8 Å². The van der Waals surface area contributed by atoms with Gasteiger partial charge in [-0.1, -0.05) is 0 Å². The van der Waals surface area contributed by atoms with Gasteiger partial charge in [0, 0.05) is 44.5 Å². The molecule has 2 aromatic heterocycles. The summed E-state index contributed by atoms with van der Waals surface area (Å²) in [4.78, 5) is 19.0. The fourth-order valence-corrected chi connectivity index (χ4v) is 3.81. The highest BCUT2D eigenvalue weighted by Gasteiger charge is 2.39. The summed E-state index contributed by atoms with van der Waals surface area (Å²) in [6, 6.07) is 2.29. The summed E-state index contributed by atoms with van der Waals surface area (Å²) in [7, 11) is 3.85. The summed E-state index contributed by atoms with van der Waals surface area (Å²) in [5.41, 5.74) is 0.975. The first kappa shape index (κ1) is 23.8. The number of nitrogens with one attached hydrogen (secondary N) is 1. The molecule has 0 unspecified atom stereocenters. The van der Waals surface area contributed by atoms with Crippen LogP contribution in [0.25, 0.3) is 0 Å². The predicted molar refractivity (Wildman–Crippen MR) is 110 cm³/mol. The van der Waals surface area contributed by atoms with Gasteiger partial charge in [-0.2, -0.15) is 5.10 Å². The first-order chi connectivity index (χ1) is 14.9. The summed E-state index contributed by atoms with van der Waals surface area (Å²) in [5.74, 6) is -1.06. The molecule has 0 radical (unpaired) electrons. The molecule has 0 spiro atoms. The number of carbonyl (C=O) groups excluding carboxylic acids is 1. The minimum Gasteiger partial charge on any atom is -0.474 e. The van der Waals surface area contributed by atoms with E-state index in [9.17, 15) is 18.0 Å². The number of hydrogen-bond donors (Lipinski definition) is 1. The molecule has 1 amide bonds. The molecule has 1 fully saturated rings. The number of rotatable bonds is 7. The van der Waals surface area contributed by atoms with Gasteiger partial charge in [-0.3, -0.25) is 9.48 Å². The summed E-state index contributed by atoms with van der Waals surface area (Å²) in [5, 5.41) is 7.50. The third kappa shape index (κ3) is 5.70. The van der Waals surface area contributed by atoms with Gasteiger partial charge in [-0.25, -0.2) is 4.98 Å². The van der Waals surface area contributed by atoms with E-state index in [1.807, 2.05) is 27.2 Å². The second-order valence-corrected chi connectivity index (χ2v) is 8.78. The Kier molecular flexibility index (Phi) is 6.68. The molecule has 8 nitrogen and oxygen atoms in total. The van der Waals surface area contributed by atoms with Crippen molar-refractivity contribution >= 4 is 5.91 Å². The average Bonchev–Trinajstić information content (AvgIpc) is 3.20. The fraction of sp³-hybridized carbons (Fsp3) is 0.571. The van der Waals surface area contributed by atoms with Crippen LogP contribution in [-0.4, -0.2) is 64.7 Å². The van der Waals surface area contributed by atoms with Crippen LogP contribution >= 0.6 is 0 Å². The number of alkyl halides is 3. The molecule has 3 rings (SSSR count). The van der Waals surface area contributed by atoms with Crippen LogP contribution in [0.4, 0.5) is 13.2 Å². The van der Waals surface area contributed by atoms with Crippen molar-refractivity contribution in [3.8, 4) is 11.6 Å². The largest absolute Gasteiger partial charge is 0.573 e. The summed E-state index contributed by atoms with van der Waals surface area (Å²) in [6.45, 7) is 6.55. The van der Waals surface area contributed by atoms with Crippen LogP contribution in [0.5, 0.6) is 11.6 Å². The molecule has 1 aliphatic heterocycles. The number of ether oxygens (including phenoxy) is 2. The minimum atomic E-state index is -4.87. The quantitative estimate of drug-likeness (QED) is 0.692. The summed E-state index contributed by atoms with van der Waals surface area (Å²) in [6.07, 6.45) is -1.61. The van der Waals surface area contributed by atoms with Gasteiger partial charge in [0.05, 0.1) is 11.1 Å². The van der Waals surface area contributed by atoms with Crippen LogP contribution in [-0.2, 0) is 11.8 Å². The van der Waals surface area contributed by atoms with Gasteiger partial charge >= 0.3 is 6.36 Å². The van der Waals surface area contributed by atoms with Gasteiger partial charge < -0.3 is 19.7 Å². The van der Waals surface area contributed by atoms with Crippen LogP contribution in [0.3, 0.4) is 0 Å². The summed E-state index contributed by atoms with van der Waals surface area (Å²) >= 11 is 0. The maximum Gasteiger partial charge on any atom is 0.573 e. The lowest BCUT2D eigenvalue weighted by Gasteiger charge is -2.28. The fourth-order valence-electron chi connectivity index (χ4n) is 3.81. The van der Waals surface area contributed by atoms with E-state index in [1.165, 1.54) is 12.3 Å². The molecule has 3 heterocycles. The number of likely N-dealkylation sites (N-methyl/N-ethyl adjacent to an activating group) is 1. The molecule has 1 aliphatic rings. The van der Waals surface area contributed by atoms with Gasteiger partial charge in [0.2, 0.25) is 5.91 Å². The lowest BCUT2D eigenvalue weighted by Crippen LogP contribution is -2.48. The Hall–Kier alpha value is -2.82. The average molecular weight is 455 g/mol. The lowest BCUT2D eigenvalue weighted by molar-refractivity contribution is -0.275. The Morgan fingerprint density at radius 1 is 1.28 bits per heavy atom. The molecule has 1 saturated heterocycles. The van der Waals surface area contributed by atoms with Crippen molar-refractivity contribution in [3.63, 3.8) is 0 Å². The Morgan fingerprint density at radius 3 is 2.62 bits per heavy atom. The summed E-state index contributed by atoms with van der Waals surface area (Å²) < 4.78 is 49.0. The number of hydrogen-bond acceptors (Lipinski definition) is 6. The second kappa shape index (κ2) is 8.97. The molecular weight excluding hydrogens is 427 g/mol. The number of pyridine rings is 1. The molecule has 0 aliphatic carbocycles. The van der Waals surface area contributed by atoms with E-state index in [4.69, 9.17) is 4.74 Å². The molecular formula is C21H28F3N5O3. The number of aryl methyl sites for hydroxylation is 2. The van der Waals surface area contributed by atoms with Crippen LogP contribution in [0, 0.1) is 12.3 Å². The molecule has 2 atom stereocenters. The van der Waals surface area contributed by atoms with Crippen molar-refractivity contribution in [1.29, 1.82) is 0 Å². The zero-order valence-corrected chi connectivity index (χ0v) is 18.7.